The molecule has 0 aromatic heterocycles. The lowest BCUT2D eigenvalue weighted by Crippen LogP contribution is -2.29. The number of carbonyl (C=O) groups excluding carboxylic acids is 2. The molecule has 1 aliphatic rings. The Labute approximate surface area is 187 Å². The SMILES string of the molecule is COc1ccc(/C(O)=C2/C(=O)C(=O)N(c3ccccc3)C2c2cccc(O)c2)cc1Br. The first kappa shape index (κ1) is 20.7. The number of ether oxygens (including phenoxy) is 1. The van der Waals surface area contributed by atoms with Gasteiger partial charge in [0.2, 0.25) is 0 Å². The number of para-hydroxylation sites is 1. The van der Waals surface area contributed by atoms with Gasteiger partial charge in [0.05, 0.1) is 23.2 Å². The van der Waals surface area contributed by atoms with Gasteiger partial charge in [-0.3, -0.25) is 14.5 Å². The smallest absolute Gasteiger partial charge is 0.300 e. The lowest BCUT2D eigenvalue weighted by molar-refractivity contribution is -0.132. The predicted molar refractivity (Wildman–Crippen MR) is 120 cm³/mol. The van der Waals surface area contributed by atoms with Crippen molar-refractivity contribution in [2.45, 2.75) is 6.04 Å². The molecule has 7 heteroatoms. The van der Waals surface area contributed by atoms with Crippen molar-refractivity contribution in [1.29, 1.82) is 0 Å². The second-order valence-corrected chi connectivity index (χ2v) is 7.80. The van der Waals surface area contributed by atoms with Crippen LogP contribution >= 0.6 is 15.9 Å². The Kier molecular flexibility index (Phi) is 5.52. The Morgan fingerprint density at radius 3 is 2.39 bits per heavy atom. The highest BCUT2D eigenvalue weighted by Crippen LogP contribution is 2.43. The van der Waals surface area contributed by atoms with Gasteiger partial charge in [0, 0.05) is 11.3 Å². The van der Waals surface area contributed by atoms with Gasteiger partial charge >= 0.3 is 0 Å². The first-order valence-corrected chi connectivity index (χ1v) is 10.2. The van der Waals surface area contributed by atoms with E-state index in [1.807, 2.05) is 0 Å². The van der Waals surface area contributed by atoms with Crippen LogP contribution in [0.3, 0.4) is 0 Å². The number of ketones is 1. The number of rotatable bonds is 4. The van der Waals surface area contributed by atoms with Gasteiger partial charge in [0.15, 0.2) is 0 Å². The number of hydrogen-bond acceptors (Lipinski definition) is 5. The van der Waals surface area contributed by atoms with Gasteiger partial charge < -0.3 is 14.9 Å². The largest absolute Gasteiger partial charge is 0.508 e. The topological polar surface area (TPSA) is 87.1 Å². The minimum absolute atomic E-state index is 0.0108. The average Bonchev–Trinajstić information content (AvgIpc) is 3.04. The van der Waals surface area contributed by atoms with Crippen LogP contribution in [0.15, 0.2) is 82.8 Å². The maximum atomic E-state index is 13.1. The van der Waals surface area contributed by atoms with Gasteiger partial charge in [-0.05, 0) is 64.0 Å². The van der Waals surface area contributed by atoms with E-state index in [1.165, 1.54) is 24.1 Å². The molecule has 1 unspecified atom stereocenters. The molecule has 31 heavy (non-hydrogen) atoms. The number of phenolic OH excluding ortho intramolecular Hbond substituents is 1. The number of phenols is 1. The molecule has 1 aliphatic heterocycles. The molecule has 0 radical (unpaired) electrons. The third kappa shape index (κ3) is 3.68. The van der Waals surface area contributed by atoms with Crippen molar-refractivity contribution in [2.75, 3.05) is 12.0 Å². The van der Waals surface area contributed by atoms with Crippen molar-refractivity contribution in [3.8, 4) is 11.5 Å². The molecule has 0 bridgehead atoms. The average molecular weight is 480 g/mol. The second kappa shape index (κ2) is 8.28. The zero-order valence-corrected chi connectivity index (χ0v) is 18.0. The summed E-state index contributed by atoms with van der Waals surface area (Å²) in [5.74, 6) is -1.32. The molecule has 1 fully saturated rings. The summed E-state index contributed by atoms with van der Waals surface area (Å²) in [6, 6.07) is 19.0. The van der Waals surface area contributed by atoms with E-state index in [-0.39, 0.29) is 17.1 Å². The van der Waals surface area contributed by atoms with Crippen LogP contribution in [-0.4, -0.2) is 29.0 Å². The van der Waals surface area contributed by atoms with Crippen LogP contribution in [0.25, 0.3) is 5.76 Å². The maximum Gasteiger partial charge on any atom is 0.300 e. The number of aromatic hydroxyl groups is 1. The number of aliphatic hydroxyl groups excluding tert-OH is 1. The molecule has 1 atom stereocenters. The Hall–Kier alpha value is -3.58. The fourth-order valence-corrected chi connectivity index (χ4v) is 4.21. The first-order chi connectivity index (χ1) is 14.9. The van der Waals surface area contributed by atoms with Crippen LogP contribution in [0, 0.1) is 0 Å². The predicted octanol–water partition coefficient (Wildman–Crippen LogP) is 4.79. The summed E-state index contributed by atoms with van der Waals surface area (Å²) < 4.78 is 5.81. The molecule has 0 spiro atoms. The van der Waals surface area contributed by atoms with Crippen molar-refractivity contribution < 1.29 is 24.5 Å². The van der Waals surface area contributed by atoms with E-state index in [0.29, 0.717) is 27.0 Å². The summed E-state index contributed by atoms with van der Waals surface area (Å²) in [6.07, 6.45) is 0. The van der Waals surface area contributed by atoms with Crippen molar-refractivity contribution in [3.63, 3.8) is 0 Å². The van der Waals surface area contributed by atoms with Crippen molar-refractivity contribution in [3.05, 3.63) is 94.0 Å². The normalized spacial score (nSPS) is 17.7. The van der Waals surface area contributed by atoms with E-state index >= 15 is 0 Å². The molecule has 156 valence electrons. The zero-order valence-electron chi connectivity index (χ0n) is 16.4. The number of carbonyl (C=O) groups is 2. The van der Waals surface area contributed by atoms with Crippen LogP contribution in [0.1, 0.15) is 17.2 Å². The number of anilines is 1. The lowest BCUT2D eigenvalue weighted by atomic mass is 9.95. The summed E-state index contributed by atoms with van der Waals surface area (Å²) in [7, 11) is 1.52. The fraction of sp³-hybridized carbons (Fsp3) is 0.0833. The summed E-state index contributed by atoms with van der Waals surface area (Å²) in [4.78, 5) is 27.4. The van der Waals surface area contributed by atoms with Gasteiger partial charge in [-0.15, -0.1) is 0 Å². The minimum atomic E-state index is -0.907. The van der Waals surface area contributed by atoms with E-state index in [4.69, 9.17) is 4.74 Å². The number of halogens is 1. The third-order valence-corrected chi connectivity index (χ3v) is 5.71. The number of methoxy groups -OCH3 is 1. The zero-order chi connectivity index (χ0) is 22.1. The van der Waals surface area contributed by atoms with Gasteiger partial charge in [0.25, 0.3) is 11.7 Å². The molecule has 1 saturated heterocycles. The highest BCUT2D eigenvalue weighted by molar-refractivity contribution is 9.10. The molecule has 4 rings (SSSR count). The van der Waals surface area contributed by atoms with Crippen molar-refractivity contribution >= 4 is 39.1 Å². The first-order valence-electron chi connectivity index (χ1n) is 9.41. The summed E-state index contributed by atoms with van der Waals surface area (Å²) in [5, 5.41) is 21.1. The number of nitrogens with zero attached hydrogens (tertiary/aromatic N) is 1. The minimum Gasteiger partial charge on any atom is -0.508 e. The second-order valence-electron chi connectivity index (χ2n) is 6.95. The fourth-order valence-electron chi connectivity index (χ4n) is 3.67. The summed E-state index contributed by atoms with van der Waals surface area (Å²) in [6.45, 7) is 0. The summed E-state index contributed by atoms with van der Waals surface area (Å²) >= 11 is 3.38. The number of aliphatic hydroxyl groups is 1. The molecular formula is C24H18BrNO5. The van der Waals surface area contributed by atoms with Gasteiger partial charge in [-0.25, -0.2) is 0 Å². The summed E-state index contributed by atoms with van der Waals surface area (Å²) in [5.41, 5.74) is 1.30. The van der Waals surface area contributed by atoms with E-state index in [2.05, 4.69) is 15.9 Å². The maximum absolute atomic E-state index is 13.1. The van der Waals surface area contributed by atoms with Gasteiger partial charge in [-0.1, -0.05) is 30.3 Å². The molecule has 3 aromatic carbocycles. The molecule has 3 aromatic rings. The Morgan fingerprint density at radius 2 is 1.74 bits per heavy atom. The quantitative estimate of drug-likeness (QED) is 0.319. The molecular weight excluding hydrogens is 462 g/mol. The van der Waals surface area contributed by atoms with E-state index in [9.17, 15) is 19.8 Å². The Morgan fingerprint density at radius 1 is 1.00 bits per heavy atom. The van der Waals surface area contributed by atoms with E-state index < -0.39 is 17.7 Å². The monoisotopic (exact) mass is 479 g/mol. The number of amides is 1. The van der Waals surface area contributed by atoms with Crippen molar-refractivity contribution in [2.24, 2.45) is 0 Å². The molecule has 0 saturated carbocycles. The van der Waals surface area contributed by atoms with E-state index in [1.54, 1.807) is 60.7 Å². The molecule has 1 heterocycles. The molecule has 2 N–H and O–H groups in total. The van der Waals surface area contributed by atoms with Crippen molar-refractivity contribution in [1.82, 2.24) is 0 Å². The third-order valence-electron chi connectivity index (χ3n) is 5.09. The Bertz CT molecular complexity index is 1210. The lowest BCUT2D eigenvalue weighted by Gasteiger charge is -2.25. The number of benzene rings is 3. The number of hydrogen-bond donors (Lipinski definition) is 2. The molecule has 1 amide bonds. The highest BCUT2D eigenvalue weighted by atomic mass is 79.9. The number of Topliss-reactive ketones (excluding diaryl/α,β-unsaturated/α-hetero) is 1. The van der Waals surface area contributed by atoms with Gasteiger partial charge in [-0.2, -0.15) is 0 Å². The van der Waals surface area contributed by atoms with Gasteiger partial charge in [0.1, 0.15) is 17.3 Å². The van der Waals surface area contributed by atoms with Crippen LogP contribution in [0.2, 0.25) is 0 Å². The van der Waals surface area contributed by atoms with Crippen LogP contribution in [0.5, 0.6) is 11.5 Å². The molecule has 6 nitrogen and oxygen atoms in total. The van der Waals surface area contributed by atoms with E-state index in [0.717, 1.165) is 0 Å². The van der Waals surface area contributed by atoms with Crippen LogP contribution in [0.4, 0.5) is 5.69 Å². The van der Waals surface area contributed by atoms with Crippen LogP contribution in [-0.2, 0) is 9.59 Å². The molecule has 0 aliphatic carbocycles. The Balaban J connectivity index is 1.94. The highest BCUT2D eigenvalue weighted by Gasteiger charge is 2.47. The standard InChI is InChI=1S/C24H18BrNO5/c1-31-19-11-10-15(13-18(19)25)22(28)20-21(14-6-5-9-17(27)12-14)26(24(30)23(20)29)16-7-3-2-4-8-16/h2-13,21,27-28H,1H3/b22-20-. The van der Waals surface area contributed by atoms with Crippen LogP contribution < -0.4 is 9.64 Å².